The van der Waals surface area contributed by atoms with Gasteiger partial charge < -0.3 is 14.6 Å². The molecule has 1 aromatic carbocycles. The minimum absolute atomic E-state index is 0.164. The molecule has 0 saturated carbocycles. The molecule has 0 spiro atoms. The van der Waals surface area contributed by atoms with Gasteiger partial charge in [0.25, 0.3) is 0 Å². The Morgan fingerprint density at radius 3 is 2.79 bits per heavy atom. The summed E-state index contributed by atoms with van der Waals surface area (Å²) in [5.74, 6) is 2.07. The zero-order valence-corrected chi connectivity index (χ0v) is 11.7. The molecule has 1 N–H and O–H groups in total. The van der Waals surface area contributed by atoms with E-state index in [-0.39, 0.29) is 6.10 Å². The lowest BCUT2D eigenvalue weighted by Crippen LogP contribution is -2.06. The maximum Gasteiger partial charge on any atom is 0.240 e. The number of nitrogens with zero attached hydrogens (tertiary/aromatic N) is 2. The van der Waals surface area contributed by atoms with Crippen LogP contribution < -0.4 is 10.1 Å². The minimum atomic E-state index is 0.164. The van der Waals surface area contributed by atoms with Crippen molar-refractivity contribution in [3.8, 4) is 17.1 Å². The number of aromatic nitrogens is 2. The molecule has 0 aliphatic heterocycles. The van der Waals surface area contributed by atoms with Crippen LogP contribution in [0.1, 0.15) is 25.3 Å². The summed E-state index contributed by atoms with van der Waals surface area (Å²) in [4.78, 5) is 4.32. The smallest absolute Gasteiger partial charge is 0.240 e. The van der Waals surface area contributed by atoms with E-state index in [0.29, 0.717) is 18.3 Å². The fourth-order valence-corrected chi connectivity index (χ4v) is 1.77. The van der Waals surface area contributed by atoms with E-state index < -0.39 is 0 Å². The molecule has 102 valence electrons. The molecule has 0 aliphatic rings. The molecule has 2 rings (SSSR count). The van der Waals surface area contributed by atoms with Gasteiger partial charge in [0.15, 0.2) is 0 Å². The summed E-state index contributed by atoms with van der Waals surface area (Å²) in [5, 5.41) is 6.94. The van der Waals surface area contributed by atoms with Gasteiger partial charge in [-0.25, -0.2) is 0 Å². The molecule has 1 aromatic heterocycles. The van der Waals surface area contributed by atoms with Crippen molar-refractivity contribution in [1.82, 2.24) is 15.5 Å². The summed E-state index contributed by atoms with van der Waals surface area (Å²) in [6.07, 6.45) is 0.164. The molecule has 0 atom stereocenters. The van der Waals surface area contributed by atoms with Gasteiger partial charge in [-0.2, -0.15) is 4.98 Å². The molecule has 0 bridgehead atoms. The minimum Gasteiger partial charge on any atom is -0.491 e. The summed E-state index contributed by atoms with van der Waals surface area (Å²) >= 11 is 0. The van der Waals surface area contributed by atoms with E-state index in [4.69, 9.17) is 9.26 Å². The highest BCUT2D eigenvalue weighted by Crippen LogP contribution is 2.25. The zero-order chi connectivity index (χ0) is 13.8. The highest BCUT2D eigenvalue weighted by atomic mass is 16.5. The maximum atomic E-state index is 5.71. The van der Waals surface area contributed by atoms with Crippen molar-refractivity contribution < 1.29 is 9.26 Å². The van der Waals surface area contributed by atoms with Crippen LogP contribution >= 0.6 is 0 Å². The average molecular weight is 261 g/mol. The second-order valence-corrected chi connectivity index (χ2v) is 4.69. The third-order valence-electron chi connectivity index (χ3n) is 2.59. The number of nitrogens with one attached hydrogen (secondary N) is 1. The van der Waals surface area contributed by atoms with Crippen LogP contribution in [-0.2, 0) is 6.54 Å². The van der Waals surface area contributed by atoms with Crippen molar-refractivity contribution in [3.05, 3.63) is 29.7 Å². The van der Waals surface area contributed by atoms with Crippen molar-refractivity contribution in [2.24, 2.45) is 0 Å². The van der Waals surface area contributed by atoms with Crippen LogP contribution in [0.2, 0.25) is 0 Å². The Morgan fingerprint density at radius 1 is 1.37 bits per heavy atom. The van der Waals surface area contributed by atoms with Crippen LogP contribution in [0.15, 0.2) is 22.7 Å². The Kier molecular flexibility index (Phi) is 4.16. The number of aryl methyl sites for hydroxylation is 1. The Balaban J connectivity index is 2.22. The van der Waals surface area contributed by atoms with Gasteiger partial charge in [-0.15, -0.1) is 0 Å². The topological polar surface area (TPSA) is 60.2 Å². The lowest BCUT2D eigenvalue weighted by atomic mass is 10.1. The van der Waals surface area contributed by atoms with Crippen molar-refractivity contribution in [3.63, 3.8) is 0 Å². The molecular weight excluding hydrogens is 242 g/mol. The first kappa shape index (κ1) is 13.5. The van der Waals surface area contributed by atoms with E-state index in [1.54, 1.807) is 0 Å². The highest BCUT2D eigenvalue weighted by Gasteiger charge is 2.10. The lowest BCUT2D eigenvalue weighted by Gasteiger charge is -2.12. The Labute approximate surface area is 113 Å². The number of rotatable bonds is 5. The van der Waals surface area contributed by atoms with Crippen LogP contribution in [0.3, 0.4) is 0 Å². The van der Waals surface area contributed by atoms with E-state index >= 15 is 0 Å². The Hall–Kier alpha value is -1.88. The summed E-state index contributed by atoms with van der Waals surface area (Å²) in [5.41, 5.74) is 1.99. The summed E-state index contributed by atoms with van der Waals surface area (Å²) < 4.78 is 10.8. The first-order chi connectivity index (χ1) is 9.10. The maximum absolute atomic E-state index is 5.71. The normalized spacial score (nSPS) is 11.0. The number of ether oxygens (including phenoxy) is 1. The molecule has 1 heterocycles. The van der Waals surface area contributed by atoms with E-state index in [2.05, 4.69) is 15.5 Å². The fourth-order valence-electron chi connectivity index (χ4n) is 1.77. The number of hydrogen-bond acceptors (Lipinski definition) is 5. The Bertz CT molecular complexity index is 549. The predicted molar refractivity (Wildman–Crippen MR) is 73.0 cm³/mol. The van der Waals surface area contributed by atoms with E-state index in [1.165, 1.54) is 0 Å². The third kappa shape index (κ3) is 3.32. The summed E-state index contributed by atoms with van der Waals surface area (Å²) in [7, 11) is 1.84. The molecule has 0 fully saturated rings. The first-order valence-corrected chi connectivity index (χ1v) is 6.35. The van der Waals surface area contributed by atoms with Gasteiger partial charge in [-0.3, -0.25) is 0 Å². The van der Waals surface area contributed by atoms with E-state index in [9.17, 15) is 0 Å². The van der Waals surface area contributed by atoms with Crippen LogP contribution in [-0.4, -0.2) is 23.3 Å². The van der Waals surface area contributed by atoms with Gasteiger partial charge in [0.2, 0.25) is 11.7 Å². The van der Waals surface area contributed by atoms with E-state index in [0.717, 1.165) is 16.9 Å². The van der Waals surface area contributed by atoms with Gasteiger partial charge in [0.1, 0.15) is 5.75 Å². The third-order valence-corrected chi connectivity index (χ3v) is 2.59. The highest BCUT2D eigenvalue weighted by molar-refractivity contribution is 5.58. The van der Waals surface area contributed by atoms with E-state index in [1.807, 2.05) is 46.0 Å². The van der Waals surface area contributed by atoms with Crippen LogP contribution in [0.25, 0.3) is 11.4 Å². The molecule has 0 amide bonds. The SMILES string of the molecule is CNCc1nc(-c2ccc(OC(C)C)c(C)c2)no1. The van der Waals surface area contributed by atoms with Crippen molar-refractivity contribution in [2.45, 2.75) is 33.4 Å². The van der Waals surface area contributed by atoms with Gasteiger partial charge in [-0.05, 0) is 51.6 Å². The van der Waals surface area contributed by atoms with Crippen LogP contribution in [0.5, 0.6) is 5.75 Å². The molecule has 0 aliphatic carbocycles. The van der Waals surface area contributed by atoms with Crippen molar-refractivity contribution in [2.75, 3.05) is 7.05 Å². The molecule has 0 radical (unpaired) electrons. The Morgan fingerprint density at radius 2 is 2.16 bits per heavy atom. The van der Waals surface area contributed by atoms with Crippen LogP contribution in [0.4, 0.5) is 0 Å². The van der Waals surface area contributed by atoms with Gasteiger partial charge in [0.05, 0.1) is 12.6 Å². The second-order valence-electron chi connectivity index (χ2n) is 4.69. The fraction of sp³-hybridized carbons (Fsp3) is 0.429. The average Bonchev–Trinajstić information content (AvgIpc) is 2.80. The predicted octanol–water partition coefficient (Wildman–Crippen LogP) is 2.55. The summed E-state index contributed by atoms with van der Waals surface area (Å²) in [6, 6.07) is 5.89. The molecule has 0 saturated heterocycles. The standard InChI is InChI=1S/C14H19N3O2/c1-9(2)18-12-6-5-11(7-10(12)3)14-16-13(8-15-4)19-17-14/h5-7,9,15H,8H2,1-4H3. The van der Waals surface area contributed by atoms with Crippen molar-refractivity contribution >= 4 is 0 Å². The van der Waals surface area contributed by atoms with Crippen molar-refractivity contribution in [1.29, 1.82) is 0 Å². The lowest BCUT2D eigenvalue weighted by molar-refractivity contribution is 0.241. The zero-order valence-electron chi connectivity index (χ0n) is 11.7. The van der Waals surface area contributed by atoms with Gasteiger partial charge >= 0.3 is 0 Å². The quantitative estimate of drug-likeness (QED) is 0.896. The van der Waals surface area contributed by atoms with Gasteiger partial charge in [0, 0.05) is 5.56 Å². The monoisotopic (exact) mass is 261 g/mol. The number of benzene rings is 1. The first-order valence-electron chi connectivity index (χ1n) is 6.35. The molecular formula is C14H19N3O2. The molecule has 5 nitrogen and oxygen atoms in total. The molecule has 19 heavy (non-hydrogen) atoms. The molecule has 2 aromatic rings. The summed E-state index contributed by atoms with van der Waals surface area (Å²) in [6.45, 7) is 6.60. The number of hydrogen-bond donors (Lipinski definition) is 1. The largest absolute Gasteiger partial charge is 0.491 e. The van der Waals surface area contributed by atoms with Gasteiger partial charge in [-0.1, -0.05) is 5.16 Å². The second kappa shape index (κ2) is 5.84. The van der Waals surface area contributed by atoms with Crippen LogP contribution in [0, 0.1) is 6.92 Å². The molecule has 0 unspecified atom stereocenters. The molecule has 5 heteroatoms.